The first-order chi connectivity index (χ1) is 8.44. The van der Waals surface area contributed by atoms with Crippen molar-refractivity contribution in [1.82, 2.24) is 5.32 Å². The summed E-state index contributed by atoms with van der Waals surface area (Å²) in [6.07, 6.45) is 1.75. The maximum absolute atomic E-state index is 12.0. The van der Waals surface area contributed by atoms with Gasteiger partial charge in [-0.1, -0.05) is 11.6 Å². The molecule has 0 heterocycles. The highest BCUT2D eigenvalue weighted by molar-refractivity contribution is 9.10. The van der Waals surface area contributed by atoms with E-state index in [2.05, 4.69) is 21.2 Å². The van der Waals surface area contributed by atoms with Crippen LogP contribution >= 0.6 is 27.5 Å². The van der Waals surface area contributed by atoms with Crippen molar-refractivity contribution in [3.05, 3.63) is 33.3 Å². The predicted molar refractivity (Wildman–Crippen MR) is 70.8 cm³/mol. The van der Waals surface area contributed by atoms with Gasteiger partial charge in [0.1, 0.15) is 5.54 Å². The van der Waals surface area contributed by atoms with Crippen molar-refractivity contribution in [3.8, 4) is 0 Å². The number of carbonyl (C=O) groups is 2. The minimum absolute atomic E-state index is 0.357. The summed E-state index contributed by atoms with van der Waals surface area (Å²) in [5.74, 6) is -1.39. The number of rotatable bonds is 3. The van der Waals surface area contributed by atoms with Crippen molar-refractivity contribution in [2.75, 3.05) is 0 Å². The van der Waals surface area contributed by atoms with Crippen LogP contribution in [0.4, 0.5) is 0 Å². The van der Waals surface area contributed by atoms with Crippen molar-refractivity contribution < 1.29 is 14.7 Å². The van der Waals surface area contributed by atoms with Crippen molar-refractivity contribution >= 4 is 39.4 Å². The van der Waals surface area contributed by atoms with E-state index in [0.717, 1.165) is 6.42 Å². The molecule has 1 aromatic carbocycles. The van der Waals surface area contributed by atoms with Gasteiger partial charge in [-0.05, 0) is 53.4 Å². The minimum Gasteiger partial charge on any atom is -0.480 e. The summed E-state index contributed by atoms with van der Waals surface area (Å²) >= 11 is 9.13. The van der Waals surface area contributed by atoms with Gasteiger partial charge in [0.15, 0.2) is 0 Å². The van der Waals surface area contributed by atoms with Crippen LogP contribution in [-0.4, -0.2) is 22.5 Å². The lowest BCUT2D eigenvalue weighted by atomic mass is 9.76. The lowest BCUT2D eigenvalue weighted by Crippen LogP contribution is -2.59. The van der Waals surface area contributed by atoms with Crippen LogP contribution in [0.1, 0.15) is 29.6 Å². The molecule has 2 N–H and O–H groups in total. The van der Waals surface area contributed by atoms with Crippen LogP contribution in [0.25, 0.3) is 0 Å². The smallest absolute Gasteiger partial charge is 0.329 e. The summed E-state index contributed by atoms with van der Waals surface area (Å²) in [5.41, 5.74) is -0.743. The molecule has 96 valence electrons. The first-order valence-corrected chi connectivity index (χ1v) is 6.63. The second-order valence-electron chi connectivity index (χ2n) is 4.32. The molecule has 1 fully saturated rings. The molecule has 0 bridgehead atoms. The van der Waals surface area contributed by atoms with Gasteiger partial charge in [0.2, 0.25) is 0 Å². The molecule has 18 heavy (non-hydrogen) atoms. The van der Waals surface area contributed by atoms with Crippen molar-refractivity contribution in [2.45, 2.75) is 24.8 Å². The molecule has 0 atom stereocenters. The van der Waals surface area contributed by atoms with Gasteiger partial charge in [-0.15, -0.1) is 0 Å². The number of nitrogens with one attached hydrogen (secondary N) is 1. The van der Waals surface area contributed by atoms with Crippen LogP contribution in [0.2, 0.25) is 5.02 Å². The predicted octanol–water partition coefficient (Wildman–Crippen LogP) is 2.84. The number of carboxylic acids is 1. The molecule has 2 rings (SSSR count). The Morgan fingerprint density at radius 1 is 1.39 bits per heavy atom. The van der Waals surface area contributed by atoms with Gasteiger partial charge in [0, 0.05) is 10.0 Å². The van der Waals surface area contributed by atoms with E-state index in [4.69, 9.17) is 16.7 Å². The van der Waals surface area contributed by atoms with Gasteiger partial charge < -0.3 is 10.4 Å². The molecule has 1 amide bonds. The lowest BCUT2D eigenvalue weighted by Gasteiger charge is -2.38. The van der Waals surface area contributed by atoms with E-state index in [1.807, 2.05) is 0 Å². The molecular formula is C12H11BrClNO3. The van der Waals surface area contributed by atoms with Crippen molar-refractivity contribution in [2.24, 2.45) is 0 Å². The average molecular weight is 333 g/mol. The van der Waals surface area contributed by atoms with Crippen LogP contribution in [0.3, 0.4) is 0 Å². The Hall–Kier alpha value is -1.07. The number of aliphatic carboxylic acids is 1. The maximum Gasteiger partial charge on any atom is 0.329 e. The topological polar surface area (TPSA) is 66.4 Å². The van der Waals surface area contributed by atoms with E-state index in [0.29, 0.717) is 27.9 Å². The highest BCUT2D eigenvalue weighted by Crippen LogP contribution is 2.32. The largest absolute Gasteiger partial charge is 0.480 e. The third-order valence-corrected chi connectivity index (χ3v) is 4.38. The fourth-order valence-electron chi connectivity index (χ4n) is 1.85. The molecule has 6 heteroatoms. The third kappa shape index (κ3) is 2.37. The molecule has 0 aromatic heterocycles. The van der Waals surface area contributed by atoms with Gasteiger partial charge >= 0.3 is 5.97 Å². The number of carboxylic acid groups (broad SMARTS) is 1. The van der Waals surface area contributed by atoms with Crippen LogP contribution < -0.4 is 5.32 Å². The Balaban J connectivity index is 2.17. The number of amides is 1. The minimum atomic E-state index is -1.10. The van der Waals surface area contributed by atoms with E-state index >= 15 is 0 Å². The Kier molecular flexibility index (Phi) is 3.64. The Morgan fingerprint density at radius 3 is 2.50 bits per heavy atom. The molecule has 0 unspecified atom stereocenters. The molecule has 0 spiro atoms. The van der Waals surface area contributed by atoms with Gasteiger partial charge in [-0.3, -0.25) is 4.79 Å². The summed E-state index contributed by atoms with van der Waals surface area (Å²) in [7, 11) is 0. The Morgan fingerprint density at radius 2 is 2.06 bits per heavy atom. The summed E-state index contributed by atoms with van der Waals surface area (Å²) in [5, 5.41) is 12.1. The monoisotopic (exact) mass is 331 g/mol. The second kappa shape index (κ2) is 4.90. The molecule has 1 saturated carbocycles. The Bertz CT molecular complexity index is 514. The molecule has 1 aliphatic carbocycles. The number of hydrogen-bond donors (Lipinski definition) is 2. The summed E-state index contributed by atoms with van der Waals surface area (Å²) in [6.45, 7) is 0. The van der Waals surface area contributed by atoms with Crippen LogP contribution in [-0.2, 0) is 4.79 Å². The number of hydrogen-bond acceptors (Lipinski definition) is 2. The van der Waals surface area contributed by atoms with Crippen LogP contribution in [0.15, 0.2) is 22.7 Å². The normalized spacial score (nSPS) is 16.8. The summed E-state index contributed by atoms with van der Waals surface area (Å²) < 4.78 is 0.692. The van der Waals surface area contributed by atoms with Gasteiger partial charge in [0.25, 0.3) is 5.91 Å². The zero-order valence-corrected chi connectivity index (χ0v) is 11.7. The van der Waals surface area contributed by atoms with Crippen molar-refractivity contribution in [1.29, 1.82) is 0 Å². The quantitative estimate of drug-likeness (QED) is 0.894. The SMILES string of the molecule is O=C(NC1(C(=O)O)CCC1)c1ccc(Br)c(Cl)c1. The standard InChI is InChI=1S/C12H11BrClNO3/c13-8-3-2-7(6-9(8)14)10(16)15-12(11(17)18)4-1-5-12/h2-3,6H,1,4-5H2,(H,15,16)(H,17,18). The van der Waals surface area contributed by atoms with Crippen LogP contribution in [0, 0.1) is 0 Å². The fraction of sp³-hybridized carbons (Fsp3) is 0.333. The zero-order valence-electron chi connectivity index (χ0n) is 9.37. The van der Waals surface area contributed by atoms with E-state index in [9.17, 15) is 9.59 Å². The molecular weight excluding hydrogens is 321 g/mol. The lowest BCUT2D eigenvalue weighted by molar-refractivity contribution is -0.148. The van der Waals surface area contributed by atoms with Gasteiger partial charge in [0.05, 0.1) is 5.02 Å². The van der Waals surface area contributed by atoms with E-state index in [1.54, 1.807) is 12.1 Å². The number of halogens is 2. The number of carbonyl (C=O) groups excluding carboxylic acids is 1. The highest BCUT2D eigenvalue weighted by Gasteiger charge is 2.45. The zero-order chi connectivity index (χ0) is 13.3. The van der Waals surface area contributed by atoms with E-state index < -0.39 is 17.4 Å². The molecule has 0 radical (unpaired) electrons. The maximum atomic E-state index is 12.0. The molecule has 1 aliphatic rings. The van der Waals surface area contributed by atoms with Crippen LogP contribution in [0.5, 0.6) is 0 Å². The fourth-order valence-corrected chi connectivity index (χ4v) is 2.28. The van der Waals surface area contributed by atoms with Crippen molar-refractivity contribution in [3.63, 3.8) is 0 Å². The van der Waals surface area contributed by atoms with Gasteiger partial charge in [-0.25, -0.2) is 4.79 Å². The molecule has 0 aliphatic heterocycles. The van der Waals surface area contributed by atoms with Gasteiger partial charge in [-0.2, -0.15) is 0 Å². The summed E-state index contributed by atoms with van der Waals surface area (Å²) in [4.78, 5) is 23.1. The third-order valence-electron chi connectivity index (χ3n) is 3.15. The average Bonchev–Trinajstić information content (AvgIpc) is 2.26. The second-order valence-corrected chi connectivity index (χ2v) is 5.59. The van der Waals surface area contributed by atoms with E-state index in [-0.39, 0.29) is 0 Å². The number of benzene rings is 1. The highest BCUT2D eigenvalue weighted by atomic mass is 79.9. The molecule has 0 saturated heterocycles. The first kappa shape index (κ1) is 13.4. The first-order valence-electron chi connectivity index (χ1n) is 5.45. The van der Waals surface area contributed by atoms with E-state index in [1.165, 1.54) is 6.07 Å². The Labute approximate surface area is 117 Å². The summed E-state index contributed by atoms with van der Waals surface area (Å²) in [6, 6.07) is 4.76. The molecule has 4 nitrogen and oxygen atoms in total. The molecule has 1 aromatic rings.